The lowest BCUT2D eigenvalue weighted by molar-refractivity contribution is -0.121. The molecule has 2 aliphatic carbocycles. The van der Waals surface area contributed by atoms with Crippen LogP contribution in [0.15, 0.2) is 12.4 Å². The molecule has 0 aliphatic heterocycles. The van der Waals surface area contributed by atoms with E-state index in [0.717, 1.165) is 25.8 Å². The molecule has 0 radical (unpaired) electrons. The fourth-order valence-electron chi connectivity index (χ4n) is 2.96. The molecular weight excluding hydrogens is 238 g/mol. The Morgan fingerprint density at radius 1 is 1.37 bits per heavy atom. The zero-order chi connectivity index (χ0) is 13.2. The van der Waals surface area contributed by atoms with Gasteiger partial charge in [0.25, 0.3) is 0 Å². The van der Waals surface area contributed by atoms with E-state index in [4.69, 9.17) is 0 Å². The van der Waals surface area contributed by atoms with Crippen LogP contribution in [0.3, 0.4) is 0 Å². The maximum Gasteiger partial charge on any atom is 0.240 e. The number of aryl methyl sites for hydroxylation is 1. The van der Waals surface area contributed by atoms with Crippen LogP contribution in [0.25, 0.3) is 0 Å². The number of carbonyl (C=O) groups is 1. The van der Waals surface area contributed by atoms with E-state index in [1.807, 2.05) is 0 Å². The zero-order valence-corrected chi connectivity index (χ0v) is 11.6. The number of fused-ring (bicyclic) bond motifs is 1. The monoisotopic (exact) mass is 261 g/mol. The highest BCUT2D eigenvalue weighted by Gasteiger charge is 2.24. The minimum atomic E-state index is 0.148. The van der Waals surface area contributed by atoms with Crippen LogP contribution in [0.4, 0.5) is 0 Å². The number of nitrogens with zero attached hydrogens (tertiary/aromatic N) is 1. The van der Waals surface area contributed by atoms with Crippen molar-refractivity contribution >= 4 is 5.91 Å². The van der Waals surface area contributed by atoms with E-state index in [-0.39, 0.29) is 5.91 Å². The van der Waals surface area contributed by atoms with Crippen LogP contribution >= 0.6 is 0 Å². The SMILES string of the molecule is CCNC1CCCc2cn(CC(=O)NC3CC3)cc21. The van der Waals surface area contributed by atoms with Gasteiger partial charge < -0.3 is 15.2 Å². The second kappa shape index (κ2) is 5.37. The third kappa shape index (κ3) is 3.00. The summed E-state index contributed by atoms with van der Waals surface area (Å²) < 4.78 is 2.05. The number of hydrogen-bond donors (Lipinski definition) is 2. The second-order valence-electron chi connectivity index (χ2n) is 5.76. The first-order chi connectivity index (χ1) is 9.26. The summed E-state index contributed by atoms with van der Waals surface area (Å²) in [5.41, 5.74) is 2.81. The summed E-state index contributed by atoms with van der Waals surface area (Å²) in [6, 6.07) is 0.925. The average Bonchev–Trinajstić information content (AvgIpc) is 3.07. The Morgan fingerprint density at radius 3 is 2.95 bits per heavy atom. The highest BCUT2D eigenvalue weighted by atomic mass is 16.2. The fraction of sp³-hybridized carbons (Fsp3) is 0.667. The predicted octanol–water partition coefficient (Wildman–Crippen LogP) is 1.75. The molecule has 1 saturated carbocycles. The fourth-order valence-corrected chi connectivity index (χ4v) is 2.96. The standard InChI is InChI=1S/C15H23N3O/c1-2-16-14-5-3-4-11-8-18(9-13(11)14)10-15(19)17-12-6-7-12/h8-9,12,14,16H,2-7,10H2,1H3,(H,17,19). The number of carbonyl (C=O) groups excluding carboxylic acids is 1. The largest absolute Gasteiger partial charge is 0.352 e. The quantitative estimate of drug-likeness (QED) is 0.848. The molecule has 2 aliphatic rings. The molecule has 0 bridgehead atoms. The summed E-state index contributed by atoms with van der Waals surface area (Å²) in [6.07, 6.45) is 10.2. The van der Waals surface area contributed by atoms with Crippen LogP contribution in [-0.4, -0.2) is 23.1 Å². The number of hydrogen-bond acceptors (Lipinski definition) is 2. The predicted molar refractivity (Wildman–Crippen MR) is 75.0 cm³/mol. The van der Waals surface area contributed by atoms with Crippen molar-refractivity contribution in [3.63, 3.8) is 0 Å². The molecule has 104 valence electrons. The van der Waals surface area contributed by atoms with Gasteiger partial charge in [0.1, 0.15) is 6.54 Å². The van der Waals surface area contributed by atoms with Gasteiger partial charge in [0.05, 0.1) is 0 Å². The first-order valence-electron chi connectivity index (χ1n) is 7.47. The van der Waals surface area contributed by atoms with Crippen molar-refractivity contribution in [2.45, 2.75) is 57.7 Å². The van der Waals surface area contributed by atoms with Gasteiger partial charge in [-0.25, -0.2) is 0 Å². The van der Waals surface area contributed by atoms with E-state index in [0.29, 0.717) is 18.6 Å². The molecule has 0 spiro atoms. The summed E-state index contributed by atoms with van der Waals surface area (Å²) >= 11 is 0. The molecule has 4 nitrogen and oxygen atoms in total. The van der Waals surface area contributed by atoms with Crippen molar-refractivity contribution in [2.24, 2.45) is 0 Å². The Morgan fingerprint density at radius 2 is 2.21 bits per heavy atom. The lowest BCUT2D eigenvalue weighted by Gasteiger charge is -2.22. The second-order valence-corrected chi connectivity index (χ2v) is 5.76. The molecular formula is C15H23N3O. The van der Waals surface area contributed by atoms with E-state index in [1.165, 1.54) is 24.0 Å². The molecule has 1 aromatic rings. The Bertz CT molecular complexity index is 462. The summed E-state index contributed by atoms with van der Waals surface area (Å²) in [4.78, 5) is 11.8. The first-order valence-corrected chi connectivity index (χ1v) is 7.47. The molecule has 4 heteroatoms. The van der Waals surface area contributed by atoms with Gasteiger partial charge in [-0.05, 0) is 49.8 Å². The normalized spacial score (nSPS) is 22.1. The molecule has 0 saturated heterocycles. The topological polar surface area (TPSA) is 46.1 Å². The van der Waals surface area contributed by atoms with Gasteiger partial charge in [0.15, 0.2) is 0 Å². The van der Waals surface area contributed by atoms with E-state index >= 15 is 0 Å². The van der Waals surface area contributed by atoms with Gasteiger partial charge in [0.2, 0.25) is 5.91 Å². The smallest absolute Gasteiger partial charge is 0.240 e. The summed E-state index contributed by atoms with van der Waals surface area (Å²) in [7, 11) is 0. The molecule has 1 amide bonds. The van der Waals surface area contributed by atoms with E-state index in [1.54, 1.807) is 0 Å². The van der Waals surface area contributed by atoms with Crippen LogP contribution in [-0.2, 0) is 17.8 Å². The molecule has 2 N–H and O–H groups in total. The van der Waals surface area contributed by atoms with Crippen LogP contribution in [0.5, 0.6) is 0 Å². The number of nitrogens with one attached hydrogen (secondary N) is 2. The summed E-state index contributed by atoms with van der Waals surface area (Å²) in [5.74, 6) is 0.148. The molecule has 1 aromatic heterocycles. The first kappa shape index (κ1) is 12.7. The van der Waals surface area contributed by atoms with Gasteiger partial charge in [0, 0.05) is 24.5 Å². The minimum absolute atomic E-state index is 0.148. The lowest BCUT2D eigenvalue weighted by atomic mass is 9.91. The summed E-state index contributed by atoms with van der Waals surface area (Å²) in [6.45, 7) is 3.61. The third-order valence-electron chi connectivity index (χ3n) is 4.03. The van der Waals surface area contributed by atoms with Crippen molar-refractivity contribution in [2.75, 3.05) is 6.54 Å². The average molecular weight is 261 g/mol. The number of amides is 1. The van der Waals surface area contributed by atoms with Gasteiger partial charge in [-0.1, -0.05) is 6.92 Å². The molecule has 1 fully saturated rings. The molecule has 1 unspecified atom stereocenters. The van der Waals surface area contributed by atoms with Crippen molar-refractivity contribution < 1.29 is 4.79 Å². The summed E-state index contributed by atoms with van der Waals surface area (Å²) in [5, 5.41) is 6.58. The van der Waals surface area contributed by atoms with E-state index < -0.39 is 0 Å². The van der Waals surface area contributed by atoms with Crippen LogP contribution < -0.4 is 10.6 Å². The zero-order valence-electron chi connectivity index (χ0n) is 11.6. The van der Waals surface area contributed by atoms with Crippen LogP contribution in [0.1, 0.15) is 49.8 Å². The van der Waals surface area contributed by atoms with Gasteiger partial charge in [-0.15, -0.1) is 0 Å². The maximum absolute atomic E-state index is 11.8. The molecule has 0 aromatic carbocycles. The molecule has 1 heterocycles. The number of aromatic nitrogens is 1. The van der Waals surface area contributed by atoms with Gasteiger partial charge in [-0.2, -0.15) is 0 Å². The van der Waals surface area contributed by atoms with Crippen molar-refractivity contribution in [1.82, 2.24) is 15.2 Å². The highest BCUT2D eigenvalue weighted by molar-refractivity contribution is 5.76. The van der Waals surface area contributed by atoms with E-state index in [2.05, 4.69) is 34.5 Å². The van der Waals surface area contributed by atoms with Gasteiger partial charge in [-0.3, -0.25) is 4.79 Å². The van der Waals surface area contributed by atoms with E-state index in [9.17, 15) is 4.79 Å². The van der Waals surface area contributed by atoms with Crippen molar-refractivity contribution in [3.05, 3.63) is 23.5 Å². The van der Waals surface area contributed by atoms with Crippen molar-refractivity contribution in [1.29, 1.82) is 0 Å². The molecule has 19 heavy (non-hydrogen) atoms. The maximum atomic E-state index is 11.8. The Kier molecular flexibility index (Phi) is 3.60. The third-order valence-corrected chi connectivity index (χ3v) is 4.03. The lowest BCUT2D eigenvalue weighted by Crippen LogP contribution is -2.28. The van der Waals surface area contributed by atoms with Gasteiger partial charge >= 0.3 is 0 Å². The minimum Gasteiger partial charge on any atom is -0.352 e. The Hall–Kier alpha value is -1.29. The number of rotatable bonds is 5. The Labute approximate surface area is 114 Å². The molecule has 3 rings (SSSR count). The van der Waals surface area contributed by atoms with Crippen LogP contribution in [0.2, 0.25) is 0 Å². The van der Waals surface area contributed by atoms with Crippen molar-refractivity contribution in [3.8, 4) is 0 Å². The molecule has 1 atom stereocenters. The van der Waals surface area contributed by atoms with Crippen LogP contribution in [0, 0.1) is 0 Å². The highest BCUT2D eigenvalue weighted by Crippen LogP contribution is 2.30. The Balaban J connectivity index is 1.67.